The lowest BCUT2D eigenvalue weighted by atomic mass is 10.1. The Labute approximate surface area is 150 Å². The van der Waals surface area contributed by atoms with Crippen LogP contribution in [0.3, 0.4) is 0 Å². The molecule has 1 aliphatic rings. The number of aryl methyl sites for hydroxylation is 3. The van der Waals surface area contributed by atoms with Gasteiger partial charge in [0.2, 0.25) is 5.91 Å². The lowest BCUT2D eigenvalue weighted by Crippen LogP contribution is -2.49. The zero-order valence-electron chi connectivity index (χ0n) is 16.0. The number of nitrogens with zero attached hydrogens (tertiary/aromatic N) is 4. The van der Waals surface area contributed by atoms with Crippen molar-refractivity contribution in [1.82, 2.24) is 14.7 Å². The molecule has 2 heterocycles. The summed E-state index contributed by atoms with van der Waals surface area (Å²) in [5.74, 6) is 0.208. The van der Waals surface area contributed by atoms with E-state index in [0.717, 1.165) is 43.1 Å². The van der Waals surface area contributed by atoms with E-state index in [-0.39, 0.29) is 5.91 Å². The van der Waals surface area contributed by atoms with E-state index in [2.05, 4.69) is 42.0 Å². The maximum atomic E-state index is 12.7. The van der Waals surface area contributed by atoms with Crippen LogP contribution in [-0.2, 0) is 18.3 Å². The number of piperazine rings is 1. The molecular formula is C20H28N4O. The number of aromatic nitrogens is 2. The average molecular weight is 340 g/mol. The molecule has 1 aromatic carbocycles. The molecule has 1 amide bonds. The van der Waals surface area contributed by atoms with Gasteiger partial charge in [-0.2, -0.15) is 5.10 Å². The molecule has 1 fully saturated rings. The smallest absolute Gasteiger partial charge is 0.227 e. The van der Waals surface area contributed by atoms with Crippen molar-refractivity contribution in [1.29, 1.82) is 0 Å². The first-order valence-corrected chi connectivity index (χ1v) is 8.96. The lowest BCUT2D eigenvalue weighted by Gasteiger charge is -2.37. The van der Waals surface area contributed by atoms with E-state index in [1.807, 2.05) is 30.5 Å². The lowest BCUT2D eigenvalue weighted by molar-refractivity contribution is -0.130. The first-order valence-electron chi connectivity index (χ1n) is 8.96. The number of rotatable bonds is 3. The summed E-state index contributed by atoms with van der Waals surface area (Å²) >= 11 is 0. The van der Waals surface area contributed by atoms with Crippen LogP contribution in [0, 0.1) is 27.7 Å². The topological polar surface area (TPSA) is 41.4 Å². The van der Waals surface area contributed by atoms with Crippen molar-refractivity contribution < 1.29 is 4.79 Å². The minimum Gasteiger partial charge on any atom is -0.368 e. The van der Waals surface area contributed by atoms with Gasteiger partial charge in [-0.3, -0.25) is 9.48 Å². The Hall–Kier alpha value is -2.30. The number of anilines is 1. The van der Waals surface area contributed by atoms with Crippen molar-refractivity contribution in [2.45, 2.75) is 34.1 Å². The van der Waals surface area contributed by atoms with Gasteiger partial charge in [0, 0.05) is 50.2 Å². The Kier molecular flexibility index (Phi) is 4.84. The predicted molar refractivity (Wildman–Crippen MR) is 101 cm³/mol. The minimum absolute atomic E-state index is 0.208. The van der Waals surface area contributed by atoms with E-state index in [4.69, 9.17) is 0 Å². The highest BCUT2D eigenvalue weighted by Gasteiger charge is 2.24. The zero-order chi connectivity index (χ0) is 18.1. The number of carbonyl (C=O) groups is 1. The van der Waals surface area contributed by atoms with Crippen LogP contribution in [0.2, 0.25) is 0 Å². The molecule has 25 heavy (non-hydrogen) atoms. The minimum atomic E-state index is 0.208. The zero-order valence-corrected chi connectivity index (χ0v) is 16.0. The quantitative estimate of drug-likeness (QED) is 0.862. The second-order valence-corrected chi connectivity index (χ2v) is 7.04. The van der Waals surface area contributed by atoms with Gasteiger partial charge in [-0.15, -0.1) is 0 Å². The summed E-state index contributed by atoms with van der Waals surface area (Å²) in [6.07, 6.45) is 0.453. The van der Waals surface area contributed by atoms with E-state index in [1.165, 1.54) is 16.8 Å². The fraction of sp³-hybridized carbons (Fsp3) is 0.500. The van der Waals surface area contributed by atoms with E-state index in [9.17, 15) is 4.79 Å². The Morgan fingerprint density at radius 2 is 1.76 bits per heavy atom. The third kappa shape index (κ3) is 3.41. The van der Waals surface area contributed by atoms with Gasteiger partial charge in [0.05, 0.1) is 12.1 Å². The van der Waals surface area contributed by atoms with Crippen LogP contribution in [0.25, 0.3) is 0 Å². The maximum absolute atomic E-state index is 12.7. The normalized spacial score (nSPS) is 14.9. The highest BCUT2D eigenvalue weighted by molar-refractivity contribution is 5.79. The molecule has 1 aliphatic heterocycles. The maximum Gasteiger partial charge on any atom is 0.227 e. The number of amides is 1. The van der Waals surface area contributed by atoms with Gasteiger partial charge in [-0.05, 0) is 44.9 Å². The van der Waals surface area contributed by atoms with Crippen LogP contribution in [0.15, 0.2) is 18.2 Å². The van der Waals surface area contributed by atoms with E-state index in [1.54, 1.807) is 0 Å². The summed E-state index contributed by atoms with van der Waals surface area (Å²) in [5, 5.41) is 4.42. The van der Waals surface area contributed by atoms with Gasteiger partial charge >= 0.3 is 0 Å². The molecule has 0 N–H and O–H groups in total. The molecule has 2 aromatic rings. The summed E-state index contributed by atoms with van der Waals surface area (Å²) in [5.41, 5.74) is 7.07. The Morgan fingerprint density at radius 1 is 1.08 bits per heavy atom. The van der Waals surface area contributed by atoms with E-state index >= 15 is 0 Å². The average Bonchev–Trinajstić information content (AvgIpc) is 2.84. The summed E-state index contributed by atoms with van der Waals surface area (Å²) < 4.78 is 1.86. The van der Waals surface area contributed by atoms with E-state index in [0.29, 0.717) is 6.42 Å². The predicted octanol–water partition coefficient (Wildman–Crippen LogP) is 2.55. The number of hydrogen-bond donors (Lipinski definition) is 0. The molecule has 0 aliphatic carbocycles. The van der Waals surface area contributed by atoms with Crippen LogP contribution < -0.4 is 4.90 Å². The van der Waals surface area contributed by atoms with Gasteiger partial charge in [0.15, 0.2) is 0 Å². The van der Waals surface area contributed by atoms with Crippen molar-refractivity contribution in [3.05, 3.63) is 46.3 Å². The molecule has 3 rings (SSSR count). The van der Waals surface area contributed by atoms with E-state index < -0.39 is 0 Å². The van der Waals surface area contributed by atoms with Gasteiger partial charge in [0.25, 0.3) is 0 Å². The van der Waals surface area contributed by atoms with Crippen LogP contribution in [-0.4, -0.2) is 46.8 Å². The SMILES string of the molecule is Cc1cccc(N2CCN(C(=O)Cc3c(C)nn(C)c3C)CC2)c1C. The van der Waals surface area contributed by atoms with Crippen molar-refractivity contribution in [2.24, 2.45) is 7.05 Å². The van der Waals surface area contributed by atoms with Crippen molar-refractivity contribution in [3.8, 4) is 0 Å². The van der Waals surface area contributed by atoms with Gasteiger partial charge in [0.1, 0.15) is 0 Å². The van der Waals surface area contributed by atoms with Crippen LogP contribution in [0.1, 0.15) is 28.1 Å². The third-order valence-corrected chi connectivity index (χ3v) is 5.54. The second kappa shape index (κ2) is 6.90. The first kappa shape index (κ1) is 17.5. The highest BCUT2D eigenvalue weighted by atomic mass is 16.2. The molecule has 0 radical (unpaired) electrons. The number of carbonyl (C=O) groups excluding carboxylic acids is 1. The molecule has 5 heteroatoms. The van der Waals surface area contributed by atoms with Crippen molar-refractivity contribution in [2.75, 3.05) is 31.1 Å². The fourth-order valence-corrected chi connectivity index (χ4v) is 3.61. The summed E-state index contributed by atoms with van der Waals surface area (Å²) in [7, 11) is 1.93. The highest BCUT2D eigenvalue weighted by Crippen LogP contribution is 2.24. The van der Waals surface area contributed by atoms with Crippen LogP contribution in [0.5, 0.6) is 0 Å². The molecule has 1 aromatic heterocycles. The van der Waals surface area contributed by atoms with Crippen LogP contribution >= 0.6 is 0 Å². The molecule has 0 unspecified atom stereocenters. The Bertz CT molecular complexity index is 785. The summed E-state index contributed by atoms with van der Waals surface area (Å²) in [6, 6.07) is 6.45. The molecular weight excluding hydrogens is 312 g/mol. The molecule has 0 saturated carbocycles. The van der Waals surface area contributed by atoms with Gasteiger partial charge < -0.3 is 9.80 Å². The Balaban J connectivity index is 1.64. The van der Waals surface area contributed by atoms with Crippen LogP contribution in [0.4, 0.5) is 5.69 Å². The van der Waals surface area contributed by atoms with Gasteiger partial charge in [-0.1, -0.05) is 12.1 Å². The first-order chi connectivity index (χ1) is 11.9. The molecule has 5 nitrogen and oxygen atoms in total. The monoisotopic (exact) mass is 340 g/mol. The third-order valence-electron chi connectivity index (χ3n) is 5.54. The molecule has 0 atom stereocenters. The second-order valence-electron chi connectivity index (χ2n) is 7.04. The number of hydrogen-bond acceptors (Lipinski definition) is 3. The fourth-order valence-electron chi connectivity index (χ4n) is 3.61. The summed E-state index contributed by atoms with van der Waals surface area (Å²) in [4.78, 5) is 17.1. The van der Waals surface area contributed by atoms with Crippen molar-refractivity contribution >= 4 is 11.6 Å². The molecule has 134 valence electrons. The molecule has 1 saturated heterocycles. The molecule has 0 bridgehead atoms. The van der Waals surface area contributed by atoms with Gasteiger partial charge in [-0.25, -0.2) is 0 Å². The number of benzene rings is 1. The largest absolute Gasteiger partial charge is 0.368 e. The van der Waals surface area contributed by atoms with Crippen molar-refractivity contribution in [3.63, 3.8) is 0 Å². The standard InChI is InChI=1S/C20H28N4O/c1-14-7-6-8-19(15(14)2)23-9-11-24(12-10-23)20(25)13-18-16(3)21-22(5)17(18)4/h6-8H,9-13H2,1-5H3. The summed E-state index contributed by atoms with van der Waals surface area (Å²) in [6.45, 7) is 11.7. The molecule has 0 spiro atoms. The Morgan fingerprint density at radius 3 is 2.36 bits per heavy atom.